The summed E-state index contributed by atoms with van der Waals surface area (Å²) >= 11 is 3.51. The second-order valence-corrected chi connectivity index (χ2v) is 23.5. The molecule has 0 bridgehead atoms. The first-order valence-corrected chi connectivity index (χ1v) is 22.1. The average Bonchev–Trinajstić information content (AvgIpc) is 3.42. The monoisotopic (exact) mass is 824 g/mol. The van der Waals surface area contributed by atoms with Crippen LogP contribution in [0, 0.1) is 0 Å². The highest BCUT2D eigenvalue weighted by Gasteiger charge is 2.34. The van der Waals surface area contributed by atoms with Gasteiger partial charge in [0.05, 0.1) is 23.5 Å². The van der Waals surface area contributed by atoms with E-state index in [0.717, 1.165) is 54.3 Å². The van der Waals surface area contributed by atoms with Crippen molar-refractivity contribution in [2.24, 2.45) is 0 Å². The predicted molar refractivity (Wildman–Crippen MR) is 241 cm³/mol. The van der Waals surface area contributed by atoms with Crippen molar-refractivity contribution in [2.45, 2.75) is 151 Å². The summed E-state index contributed by atoms with van der Waals surface area (Å²) in [6.07, 6.45) is 0.358. The van der Waals surface area contributed by atoms with Crippen LogP contribution in [0.15, 0.2) is 82.6 Å². The number of rotatable bonds is 13. The molecule has 0 aromatic heterocycles. The summed E-state index contributed by atoms with van der Waals surface area (Å²) in [6, 6.07) is 24.8. The quantitative estimate of drug-likeness (QED) is 0.0782. The maximum Gasteiger partial charge on any atom is 0.306 e. The lowest BCUT2D eigenvalue weighted by Gasteiger charge is -2.32. The van der Waals surface area contributed by atoms with Crippen molar-refractivity contribution in [3.05, 3.63) is 106 Å². The smallest absolute Gasteiger partial charge is 0.306 e. The number of aromatic hydroxyl groups is 2. The number of hydrogen-bond acceptors (Lipinski definition) is 8. The lowest BCUT2D eigenvalue weighted by molar-refractivity contribution is -0.150. The van der Waals surface area contributed by atoms with Crippen molar-refractivity contribution in [3.63, 3.8) is 0 Å². The Balaban J connectivity index is 1.23. The zero-order valence-electron chi connectivity index (χ0n) is 36.9. The standard InChI is InChI=1S/C50H64O6S2/c1-46(2,3)38-26-31(27-39(44(38)53)47(4,5)6)57-50(12,13)58-32-28-40(48(7,8)9)45(54)41(29-32)49(10,11)24-25-55-42(51)22-23-43(52)56-30-37-35-20-16-14-18-33(35)34-19-15-17-21-36(34)37/h14-21,26-29,37,53-54H,22-25,30H2,1-13H3. The molecule has 0 fully saturated rings. The number of carbonyl (C=O) groups excluding carboxylic acids is 2. The Labute approximate surface area is 355 Å². The fourth-order valence-corrected chi connectivity index (χ4v) is 10.3. The number of phenolic OH excluding ortho intramolecular Hbond substituents is 2. The molecule has 0 aliphatic heterocycles. The average molecular weight is 825 g/mol. The first kappa shape index (κ1) is 45.2. The molecule has 8 heteroatoms. The number of fused-ring (bicyclic) bond motifs is 3. The molecule has 2 N–H and O–H groups in total. The molecule has 0 saturated carbocycles. The van der Waals surface area contributed by atoms with Gasteiger partial charge in [0.2, 0.25) is 0 Å². The summed E-state index contributed by atoms with van der Waals surface area (Å²) in [7, 11) is 0. The van der Waals surface area contributed by atoms with E-state index in [2.05, 4.69) is 139 Å². The van der Waals surface area contributed by atoms with Crippen molar-refractivity contribution in [1.82, 2.24) is 0 Å². The maximum absolute atomic E-state index is 12.8. The summed E-state index contributed by atoms with van der Waals surface area (Å²) in [6.45, 7) is 28.0. The molecule has 6 nitrogen and oxygen atoms in total. The van der Waals surface area contributed by atoms with Crippen LogP contribution in [0.5, 0.6) is 11.5 Å². The molecule has 0 unspecified atom stereocenters. The summed E-state index contributed by atoms with van der Waals surface area (Å²) < 4.78 is 11.0. The number of thioether (sulfide) groups is 2. The Kier molecular flexibility index (Phi) is 13.3. The lowest BCUT2D eigenvalue weighted by Crippen LogP contribution is -2.23. The SMILES string of the molecule is CC(C)(Sc1cc(C(C)(C)C)c(O)c(C(C)(C)C)c1)Sc1cc(C(C)(C)C)c(O)c(C(C)(C)CCOC(=O)CCC(=O)OCC2c3ccccc3-c3ccccc32)c1. The van der Waals surface area contributed by atoms with E-state index < -0.39 is 17.4 Å². The molecule has 4 aromatic carbocycles. The van der Waals surface area contributed by atoms with Gasteiger partial charge in [-0.1, -0.05) is 125 Å². The van der Waals surface area contributed by atoms with Gasteiger partial charge in [-0.05, 0) is 88.4 Å². The molecular formula is C50H64O6S2. The number of carbonyl (C=O) groups is 2. The zero-order chi connectivity index (χ0) is 43.0. The minimum Gasteiger partial charge on any atom is -0.507 e. The van der Waals surface area contributed by atoms with Crippen molar-refractivity contribution in [2.75, 3.05) is 13.2 Å². The Morgan fingerprint density at radius 2 is 0.948 bits per heavy atom. The largest absolute Gasteiger partial charge is 0.507 e. The molecule has 0 amide bonds. The van der Waals surface area contributed by atoms with Crippen molar-refractivity contribution in [1.29, 1.82) is 0 Å². The Hall–Kier alpha value is -3.88. The highest BCUT2D eigenvalue weighted by molar-refractivity contribution is 8.18. The third kappa shape index (κ3) is 10.6. The first-order valence-electron chi connectivity index (χ1n) is 20.4. The van der Waals surface area contributed by atoms with Gasteiger partial charge in [-0.25, -0.2) is 0 Å². The Morgan fingerprint density at radius 1 is 0.569 bits per heavy atom. The minimum atomic E-state index is -0.537. The van der Waals surface area contributed by atoms with Crippen LogP contribution in [-0.4, -0.2) is 39.4 Å². The van der Waals surface area contributed by atoms with Gasteiger partial charge in [0.25, 0.3) is 0 Å². The Bertz CT molecular complexity index is 2060. The van der Waals surface area contributed by atoms with Gasteiger partial charge in [0.1, 0.15) is 18.1 Å². The molecule has 5 rings (SSSR count). The van der Waals surface area contributed by atoms with Gasteiger partial charge in [-0.3, -0.25) is 9.59 Å². The fourth-order valence-electron chi connectivity index (χ4n) is 7.67. The molecule has 0 spiro atoms. The van der Waals surface area contributed by atoms with E-state index in [1.807, 2.05) is 24.3 Å². The van der Waals surface area contributed by atoms with E-state index in [9.17, 15) is 19.8 Å². The topological polar surface area (TPSA) is 93.1 Å². The number of ether oxygens (including phenoxy) is 2. The molecule has 1 aliphatic carbocycles. The van der Waals surface area contributed by atoms with E-state index >= 15 is 0 Å². The highest BCUT2D eigenvalue weighted by Crippen LogP contribution is 2.51. The van der Waals surface area contributed by atoms with Gasteiger partial charge < -0.3 is 19.7 Å². The molecule has 1 aliphatic rings. The lowest BCUT2D eigenvalue weighted by atomic mass is 9.77. The number of phenols is 2. The molecule has 312 valence electrons. The van der Waals surface area contributed by atoms with Crippen LogP contribution in [0.2, 0.25) is 0 Å². The molecular weight excluding hydrogens is 761 g/mol. The molecule has 0 heterocycles. The van der Waals surface area contributed by atoms with Gasteiger partial charge in [-0.15, -0.1) is 23.5 Å². The van der Waals surface area contributed by atoms with Gasteiger partial charge in [-0.2, -0.15) is 0 Å². The zero-order valence-corrected chi connectivity index (χ0v) is 38.5. The van der Waals surface area contributed by atoms with E-state index in [-0.39, 0.29) is 58.0 Å². The van der Waals surface area contributed by atoms with Gasteiger partial charge >= 0.3 is 11.9 Å². The summed E-state index contributed by atoms with van der Waals surface area (Å²) in [4.78, 5) is 27.8. The van der Waals surface area contributed by atoms with Crippen molar-refractivity contribution < 1.29 is 29.3 Å². The van der Waals surface area contributed by atoms with Crippen LogP contribution in [0.1, 0.15) is 149 Å². The van der Waals surface area contributed by atoms with E-state index in [1.165, 1.54) is 0 Å². The van der Waals surface area contributed by atoms with Gasteiger partial charge in [0, 0.05) is 38.0 Å². The molecule has 0 atom stereocenters. The third-order valence-corrected chi connectivity index (χ3v) is 13.4. The Morgan fingerprint density at radius 3 is 1.38 bits per heavy atom. The van der Waals surface area contributed by atoms with Crippen LogP contribution in [0.4, 0.5) is 0 Å². The maximum atomic E-state index is 12.8. The van der Waals surface area contributed by atoms with Crippen molar-refractivity contribution in [3.8, 4) is 22.6 Å². The molecule has 0 radical (unpaired) electrons. The molecule has 4 aromatic rings. The summed E-state index contributed by atoms with van der Waals surface area (Å²) in [5.41, 5.74) is 6.82. The van der Waals surface area contributed by atoms with Crippen LogP contribution in [0.3, 0.4) is 0 Å². The highest BCUT2D eigenvalue weighted by atomic mass is 32.2. The summed E-state index contributed by atoms with van der Waals surface area (Å²) in [5, 5.41) is 23.1. The van der Waals surface area contributed by atoms with Crippen molar-refractivity contribution >= 4 is 35.5 Å². The predicted octanol–water partition coefficient (Wildman–Crippen LogP) is 13.0. The van der Waals surface area contributed by atoms with Crippen LogP contribution < -0.4 is 0 Å². The van der Waals surface area contributed by atoms with E-state index in [4.69, 9.17) is 9.47 Å². The number of hydrogen-bond donors (Lipinski definition) is 2. The summed E-state index contributed by atoms with van der Waals surface area (Å²) in [5.74, 6) is -0.284. The van der Waals surface area contributed by atoms with E-state index in [0.29, 0.717) is 12.2 Å². The first-order chi connectivity index (χ1) is 26.8. The third-order valence-electron chi connectivity index (χ3n) is 10.9. The van der Waals surface area contributed by atoms with E-state index in [1.54, 1.807) is 23.5 Å². The minimum absolute atomic E-state index is 0.0370. The van der Waals surface area contributed by atoms with Crippen LogP contribution >= 0.6 is 23.5 Å². The second-order valence-electron chi connectivity index (χ2n) is 19.9. The number of benzene rings is 4. The normalized spacial score (nSPS) is 13.6. The number of esters is 2. The van der Waals surface area contributed by atoms with Gasteiger partial charge in [0.15, 0.2) is 0 Å². The van der Waals surface area contributed by atoms with Crippen LogP contribution in [-0.2, 0) is 40.7 Å². The van der Waals surface area contributed by atoms with Crippen LogP contribution in [0.25, 0.3) is 11.1 Å². The molecule has 58 heavy (non-hydrogen) atoms. The fraction of sp³-hybridized carbons (Fsp3) is 0.480. The molecule has 0 saturated heterocycles. The second kappa shape index (κ2) is 17.0.